The van der Waals surface area contributed by atoms with Crippen LogP contribution in [-0.4, -0.2) is 29.0 Å². The van der Waals surface area contributed by atoms with Gasteiger partial charge in [0.2, 0.25) is 0 Å². The first-order chi connectivity index (χ1) is 21.8. The lowest BCUT2D eigenvalue weighted by Gasteiger charge is -2.49. The highest BCUT2D eigenvalue weighted by molar-refractivity contribution is 6.37. The number of hydrogen-bond acceptors (Lipinski definition) is 5. The molecular weight excluding hydrogens is 619 g/mol. The van der Waals surface area contributed by atoms with Crippen LogP contribution in [0.5, 0.6) is 5.75 Å². The Bertz CT molecular complexity index is 1700. The lowest BCUT2D eigenvalue weighted by atomic mass is 9.63. The van der Waals surface area contributed by atoms with Crippen LogP contribution >= 0.6 is 23.2 Å². The molecule has 1 N–H and O–H groups in total. The lowest BCUT2D eigenvalue weighted by Crippen LogP contribution is -2.44. The Morgan fingerprint density at radius 3 is 1.83 bits per heavy atom. The molecule has 0 atom stereocenters. The van der Waals surface area contributed by atoms with E-state index in [9.17, 15) is 14.4 Å². The number of anilines is 1. The highest BCUT2D eigenvalue weighted by Gasteiger charge is 2.49. The van der Waals surface area contributed by atoms with Crippen molar-refractivity contribution in [1.82, 2.24) is 4.90 Å². The molecule has 0 radical (unpaired) electrons. The monoisotopic (exact) mass is 656 g/mol. The summed E-state index contributed by atoms with van der Waals surface area (Å²) in [5.74, 6) is -0.724. The fourth-order valence-corrected chi connectivity index (χ4v) is 7.69. The van der Waals surface area contributed by atoms with E-state index in [1.807, 2.05) is 36.4 Å². The number of benzene rings is 3. The number of Topliss-reactive ketones (excluding diaryl/α,β-unsaturated/α-hetero) is 2. The molecule has 238 valence electrons. The molecule has 6 rings (SSSR count). The van der Waals surface area contributed by atoms with E-state index in [2.05, 4.69) is 50.0 Å². The van der Waals surface area contributed by atoms with Gasteiger partial charge in [0.05, 0.1) is 10.0 Å². The van der Waals surface area contributed by atoms with Crippen molar-refractivity contribution in [3.63, 3.8) is 0 Å². The van der Waals surface area contributed by atoms with Gasteiger partial charge in [0, 0.05) is 53.5 Å². The third kappa shape index (κ3) is 6.51. The second kappa shape index (κ2) is 12.4. The first-order valence-corrected chi connectivity index (χ1v) is 16.4. The smallest absolute Gasteiger partial charge is 0.262 e. The number of allylic oxidation sites excluding steroid dienone is 4. The maximum atomic E-state index is 14.1. The molecule has 0 spiro atoms. The minimum Gasteiger partial charge on any atom is -0.481 e. The van der Waals surface area contributed by atoms with Crippen LogP contribution in [0.1, 0.15) is 70.4 Å². The largest absolute Gasteiger partial charge is 0.481 e. The average molecular weight is 658 g/mol. The number of ether oxygens (including phenoxy) is 1. The van der Waals surface area contributed by atoms with E-state index in [0.29, 0.717) is 54.6 Å². The van der Waals surface area contributed by atoms with Crippen molar-refractivity contribution >= 4 is 46.4 Å². The summed E-state index contributed by atoms with van der Waals surface area (Å²) < 4.78 is 5.80. The Balaban J connectivity index is 1.42. The van der Waals surface area contributed by atoms with Crippen LogP contribution in [0.15, 0.2) is 95.3 Å². The summed E-state index contributed by atoms with van der Waals surface area (Å²) in [5.41, 5.74) is 5.15. The number of halogens is 2. The number of carbonyl (C=O) groups excluding carboxylic acids is 3. The highest BCUT2D eigenvalue weighted by Crippen LogP contribution is 2.55. The molecular formula is C38H38Cl2N2O4. The van der Waals surface area contributed by atoms with E-state index in [1.165, 1.54) is 0 Å². The van der Waals surface area contributed by atoms with E-state index in [-0.39, 0.29) is 50.7 Å². The predicted octanol–water partition coefficient (Wildman–Crippen LogP) is 8.90. The minimum atomic E-state index is -0.602. The highest BCUT2D eigenvalue weighted by atomic mass is 35.5. The fourth-order valence-electron chi connectivity index (χ4n) is 7.08. The number of carbonyl (C=O) groups is 3. The first-order valence-electron chi connectivity index (χ1n) is 15.6. The number of nitrogens with one attached hydrogen (secondary N) is 1. The summed E-state index contributed by atoms with van der Waals surface area (Å²) in [6, 6.07) is 22.7. The molecule has 1 amide bonds. The molecule has 0 fully saturated rings. The summed E-state index contributed by atoms with van der Waals surface area (Å²) >= 11 is 13.6. The molecule has 0 saturated carbocycles. The first kappa shape index (κ1) is 32.1. The normalized spacial score (nSPS) is 19.1. The van der Waals surface area contributed by atoms with E-state index < -0.39 is 5.92 Å². The van der Waals surface area contributed by atoms with Crippen molar-refractivity contribution in [1.29, 1.82) is 0 Å². The van der Waals surface area contributed by atoms with Crippen molar-refractivity contribution in [2.75, 3.05) is 11.9 Å². The van der Waals surface area contributed by atoms with Crippen molar-refractivity contribution in [3.05, 3.63) is 117 Å². The Morgan fingerprint density at radius 1 is 0.804 bits per heavy atom. The van der Waals surface area contributed by atoms with Gasteiger partial charge in [-0.05, 0) is 59.1 Å². The molecule has 0 unspecified atom stereocenters. The van der Waals surface area contributed by atoms with Crippen LogP contribution < -0.4 is 10.1 Å². The van der Waals surface area contributed by atoms with Gasteiger partial charge in [0.1, 0.15) is 0 Å². The van der Waals surface area contributed by atoms with Gasteiger partial charge >= 0.3 is 0 Å². The second-order valence-corrected chi connectivity index (χ2v) is 14.9. The average Bonchev–Trinajstić information content (AvgIpc) is 2.97. The number of rotatable bonds is 7. The fraction of sp³-hybridized carbons (Fsp3) is 0.342. The van der Waals surface area contributed by atoms with Crippen LogP contribution in [0.2, 0.25) is 10.0 Å². The molecule has 0 aromatic heterocycles. The van der Waals surface area contributed by atoms with Crippen LogP contribution in [0.25, 0.3) is 0 Å². The summed E-state index contributed by atoms with van der Waals surface area (Å²) in [7, 11) is 0. The van der Waals surface area contributed by atoms with Crippen LogP contribution in [0, 0.1) is 10.8 Å². The quantitative estimate of drug-likeness (QED) is 0.275. The Hall–Kier alpha value is -3.87. The molecule has 3 aromatic carbocycles. The molecule has 6 nitrogen and oxygen atoms in total. The second-order valence-electron chi connectivity index (χ2n) is 14.1. The maximum absolute atomic E-state index is 14.1. The van der Waals surface area contributed by atoms with Gasteiger partial charge in [0.25, 0.3) is 5.91 Å². The Labute approximate surface area is 280 Å². The van der Waals surface area contributed by atoms with Crippen molar-refractivity contribution < 1.29 is 19.1 Å². The molecule has 2 aliphatic carbocycles. The number of hydrogen-bond donors (Lipinski definition) is 1. The summed E-state index contributed by atoms with van der Waals surface area (Å²) in [6.07, 6.45) is 2.15. The molecule has 0 saturated heterocycles. The Kier molecular flexibility index (Phi) is 8.64. The maximum Gasteiger partial charge on any atom is 0.262 e. The predicted molar refractivity (Wildman–Crippen MR) is 182 cm³/mol. The molecule has 1 heterocycles. The summed E-state index contributed by atoms with van der Waals surface area (Å²) in [5, 5.41) is 3.19. The molecule has 3 aromatic rings. The molecule has 3 aliphatic rings. The SMILES string of the molecule is CC1(C)CC(=O)C2=C(C1)N(Cc1ccccc1)C1=C(C(=O)CC(C)(C)C1)C2c1cc(Cl)c(OCC(=O)Nc2ccccc2)c(Cl)c1. The van der Waals surface area contributed by atoms with Crippen LogP contribution in [0.4, 0.5) is 5.69 Å². The molecule has 46 heavy (non-hydrogen) atoms. The number of nitrogens with zero attached hydrogens (tertiary/aromatic N) is 1. The Morgan fingerprint density at radius 2 is 1.30 bits per heavy atom. The van der Waals surface area contributed by atoms with Gasteiger partial charge in [-0.15, -0.1) is 0 Å². The van der Waals surface area contributed by atoms with Gasteiger partial charge < -0.3 is 15.0 Å². The number of ketones is 2. The summed E-state index contributed by atoms with van der Waals surface area (Å²) in [6.45, 7) is 8.76. The minimum absolute atomic E-state index is 0.0312. The van der Waals surface area contributed by atoms with Gasteiger partial charge in [0.15, 0.2) is 23.9 Å². The van der Waals surface area contributed by atoms with Gasteiger partial charge in [-0.2, -0.15) is 0 Å². The van der Waals surface area contributed by atoms with Gasteiger partial charge in [-0.25, -0.2) is 0 Å². The zero-order chi connectivity index (χ0) is 32.8. The van der Waals surface area contributed by atoms with E-state index in [4.69, 9.17) is 27.9 Å². The third-order valence-electron chi connectivity index (χ3n) is 8.96. The van der Waals surface area contributed by atoms with Gasteiger partial charge in [-0.1, -0.05) is 99.4 Å². The lowest BCUT2D eigenvalue weighted by molar-refractivity contribution is -0.120. The molecule has 0 bridgehead atoms. The van der Waals surface area contributed by atoms with E-state index in [1.54, 1.807) is 24.3 Å². The topological polar surface area (TPSA) is 75.7 Å². The van der Waals surface area contributed by atoms with Crippen molar-refractivity contribution in [3.8, 4) is 5.75 Å². The van der Waals surface area contributed by atoms with Crippen LogP contribution in [-0.2, 0) is 20.9 Å². The standard InChI is InChI=1S/C38H38Cl2N2O4/c1-37(2)17-28-34(30(43)19-37)33(35-29(18-38(3,4)20-31(35)44)42(28)21-23-11-7-5-8-12-23)24-15-26(39)36(27(40)16-24)46-22-32(45)41-25-13-9-6-10-14-25/h5-16,33H,17-22H2,1-4H3,(H,41,45). The van der Waals surface area contributed by atoms with Gasteiger partial charge in [-0.3, -0.25) is 14.4 Å². The summed E-state index contributed by atoms with van der Waals surface area (Å²) in [4.78, 5) is 43.1. The number of para-hydroxylation sites is 1. The third-order valence-corrected chi connectivity index (χ3v) is 9.53. The molecule has 1 aliphatic heterocycles. The van der Waals surface area contributed by atoms with E-state index >= 15 is 0 Å². The molecule has 8 heteroatoms. The zero-order valence-corrected chi connectivity index (χ0v) is 28.1. The zero-order valence-electron chi connectivity index (χ0n) is 26.6. The van der Waals surface area contributed by atoms with Crippen LogP contribution in [0.3, 0.4) is 0 Å². The van der Waals surface area contributed by atoms with E-state index in [0.717, 1.165) is 17.0 Å². The van der Waals surface area contributed by atoms with Crippen molar-refractivity contribution in [2.24, 2.45) is 10.8 Å². The van der Waals surface area contributed by atoms with Crippen molar-refractivity contribution in [2.45, 2.75) is 65.8 Å². The number of amides is 1.